The first-order valence-corrected chi connectivity index (χ1v) is 5.39. The van der Waals surface area contributed by atoms with Crippen molar-refractivity contribution in [1.82, 2.24) is 0 Å². The Morgan fingerprint density at radius 1 is 1.18 bits per heavy atom. The van der Waals surface area contributed by atoms with Crippen molar-refractivity contribution < 1.29 is 74.3 Å². The maximum atomic E-state index is 8.67. The predicted octanol–water partition coefficient (Wildman–Crippen LogP) is -0.936. The summed E-state index contributed by atoms with van der Waals surface area (Å²) < 4.78 is 22.8. The van der Waals surface area contributed by atoms with Gasteiger partial charge >= 0.3 is 51.4 Å². The van der Waals surface area contributed by atoms with Gasteiger partial charge in [0.15, 0.2) is 0 Å². The average Bonchev–Trinajstić information content (AvgIpc) is 2.16. The molecule has 0 atom stereocenters. The van der Waals surface area contributed by atoms with Crippen LogP contribution in [-0.4, -0.2) is 25.5 Å². The van der Waals surface area contributed by atoms with E-state index in [0.717, 1.165) is 6.08 Å². The Kier molecular flexibility index (Phi) is 78.8. The van der Waals surface area contributed by atoms with E-state index in [9.17, 15) is 0 Å². The van der Waals surface area contributed by atoms with Crippen LogP contribution in [0.15, 0.2) is 0 Å². The SMILES string of the molecule is CCCCCC.N=C=O.O=S(O)O.[K+].[N-]=C=O. The van der Waals surface area contributed by atoms with Gasteiger partial charge < -0.3 is 5.41 Å². The molecule has 0 aromatic carbocycles. The molecule has 0 spiro atoms. The zero-order chi connectivity index (χ0) is 13.8. The number of nitrogens with zero attached hydrogens (tertiary/aromatic N) is 1. The summed E-state index contributed by atoms with van der Waals surface area (Å²) >= 11 is -2.61. The molecule has 0 aliphatic rings. The summed E-state index contributed by atoms with van der Waals surface area (Å²) in [6.07, 6.45) is 6.79. The van der Waals surface area contributed by atoms with Crippen molar-refractivity contribution in [3.05, 3.63) is 5.41 Å². The fourth-order valence-electron chi connectivity index (χ4n) is 0.500. The number of rotatable bonds is 3. The van der Waals surface area contributed by atoms with Gasteiger partial charge in [-0.2, -0.15) is 4.21 Å². The van der Waals surface area contributed by atoms with Crippen LogP contribution in [0.1, 0.15) is 39.5 Å². The summed E-state index contributed by atoms with van der Waals surface area (Å²) in [7, 11) is 0. The molecule has 96 valence electrons. The molecule has 7 nitrogen and oxygen atoms in total. The van der Waals surface area contributed by atoms with Crippen LogP contribution < -0.4 is 51.4 Å². The molecule has 3 N–H and O–H groups in total. The summed E-state index contributed by atoms with van der Waals surface area (Å²) in [4.78, 5) is 16.6. The van der Waals surface area contributed by atoms with Gasteiger partial charge in [-0.3, -0.25) is 13.9 Å². The molecule has 0 heterocycles. The number of nitrogens with one attached hydrogen (secondary N) is 1. The molecular formula is C8H17KN2O5S. The van der Waals surface area contributed by atoms with E-state index in [1.165, 1.54) is 25.7 Å². The van der Waals surface area contributed by atoms with Crippen molar-refractivity contribution in [3.8, 4) is 0 Å². The van der Waals surface area contributed by atoms with Crippen LogP contribution in [0.4, 0.5) is 0 Å². The zero-order valence-corrected chi connectivity index (χ0v) is 14.2. The first-order chi connectivity index (χ1) is 7.47. The third-order valence-corrected chi connectivity index (χ3v) is 0.957. The van der Waals surface area contributed by atoms with Crippen LogP contribution in [0.5, 0.6) is 0 Å². The Morgan fingerprint density at radius 3 is 1.35 bits per heavy atom. The molecule has 0 fully saturated rings. The van der Waals surface area contributed by atoms with Crippen LogP contribution in [-0.2, 0) is 21.0 Å². The summed E-state index contributed by atoms with van der Waals surface area (Å²) in [6.45, 7) is 4.46. The minimum absolute atomic E-state index is 0. The Labute approximate surface area is 146 Å². The number of hydrogen-bond acceptors (Lipinski definition) is 4. The summed E-state index contributed by atoms with van der Waals surface area (Å²) in [5.41, 5.74) is 0. The van der Waals surface area contributed by atoms with Crippen LogP contribution in [0.3, 0.4) is 0 Å². The molecule has 0 aromatic heterocycles. The molecular weight excluding hydrogens is 275 g/mol. The summed E-state index contributed by atoms with van der Waals surface area (Å²) in [5, 5.41) is 12.2. The number of carbonyl (C=O) groups excluding carboxylic acids is 2. The predicted molar refractivity (Wildman–Crippen MR) is 60.7 cm³/mol. The second kappa shape index (κ2) is 44.0. The van der Waals surface area contributed by atoms with Crippen molar-refractivity contribution in [2.45, 2.75) is 39.5 Å². The van der Waals surface area contributed by atoms with E-state index >= 15 is 0 Å². The maximum absolute atomic E-state index is 8.67. The molecule has 0 aliphatic carbocycles. The van der Waals surface area contributed by atoms with Gasteiger partial charge in [-0.1, -0.05) is 39.5 Å². The van der Waals surface area contributed by atoms with Gasteiger partial charge in [0.05, 0.1) is 0 Å². The van der Waals surface area contributed by atoms with Crippen LogP contribution in [0.2, 0.25) is 0 Å². The molecule has 0 saturated carbocycles. The average molecular weight is 292 g/mol. The molecule has 0 saturated heterocycles. The van der Waals surface area contributed by atoms with Gasteiger partial charge in [-0.15, -0.1) is 0 Å². The van der Waals surface area contributed by atoms with Crippen LogP contribution in [0.25, 0.3) is 5.41 Å². The Balaban J connectivity index is -0.0000000388. The molecule has 0 radical (unpaired) electrons. The molecule has 17 heavy (non-hydrogen) atoms. The molecule has 0 unspecified atom stereocenters. The number of unbranched alkanes of at least 4 members (excludes halogenated alkanes) is 3. The standard InChI is InChI=1S/C6H14.CHNO.CNO.K.H2O3S/c1-3-5-6-4-2;2*2-1-3;;1-4(2)3/h3-6H2,1-2H3;2H;;;(H2,1,2,3)/q;;-1;+1;. The van der Waals surface area contributed by atoms with E-state index in [0.29, 0.717) is 6.08 Å². The van der Waals surface area contributed by atoms with E-state index in [4.69, 9.17) is 33.7 Å². The van der Waals surface area contributed by atoms with E-state index in [2.05, 4.69) is 13.8 Å². The van der Waals surface area contributed by atoms with Gasteiger partial charge in [0.25, 0.3) is 11.4 Å². The first kappa shape index (κ1) is 30.5. The van der Waals surface area contributed by atoms with Crippen LogP contribution in [0, 0.1) is 5.41 Å². The van der Waals surface area contributed by atoms with E-state index in [1.54, 1.807) is 0 Å². The third kappa shape index (κ3) is 287. The molecule has 0 amide bonds. The minimum atomic E-state index is -2.61. The Morgan fingerprint density at radius 2 is 1.29 bits per heavy atom. The smallest absolute Gasteiger partial charge is 0.724 e. The van der Waals surface area contributed by atoms with Crippen molar-refractivity contribution in [2.75, 3.05) is 0 Å². The van der Waals surface area contributed by atoms with Gasteiger partial charge in [-0.25, -0.2) is 10.2 Å². The number of isocyanates is 2. The maximum Gasteiger partial charge on any atom is 1.00 e. The molecule has 0 aliphatic heterocycles. The molecule has 0 aromatic rings. The molecule has 9 heteroatoms. The fraction of sp³-hybridized carbons (Fsp3) is 0.750. The largest absolute Gasteiger partial charge is 1.00 e. The normalized spacial score (nSPS) is 6.18. The monoisotopic (exact) mass is 292 g/mol. The Hall–Kier alpha value is 0.466. The molecule has 0 rings (SSSR count). The molecule has 0 bridgehead atoms. The quantitative estimate of drug-likeness (QED) is 0.203. The second-order valence-corrected chi connectivity index (χ2v) is 2.59. The van der Waals surface area contributed by atoms with Crippen molar-refractivity contribution in [3.63, 3.8) is 0 Å². The zero-order valence-electron chi connectivity index (χ0n) is 10.3. The topological polar surface area (TPSA) is 138 Å². The fourth-order valence-corrected chi connectivity index (χ4v) is 0.500. The summed E-state index contributed by atoms with van der Waals surface area (Å²) in [5.74, 6) is 0. The van der Waals surface area contributed by atoms with E-state index in [-0.39, 0.29) is 51.4 Å². The Bertz CT molecular complexity index is 184. The van der Waals surface area contributed by atoms with Gasteiger partial charge in [0, 0.05) is 0 Å². The summed E-state index contributed by atoms with van der Waals surface area (Å²) in [6, 6.07) is 0. The van der Waals surface area contributed by atoms with Gasteiger partial charge in [0.1, 0.15) is 0 Å². The second-order valence-electron chi connectivity index (χ2n) is 2.13. The van der Waals surface area contributed by atoms with Crippen molar-refractivity contribution in [2.24, 2.45) is 0 Å². The minimum Gasteiger partial charge on any atom is -0.724 e. The third-order valence-electron chi connectivity index (χ3n) is 0.957. The van der Waals surface area contributed by atoms with Crippen molar-refractivity contribution >= 4 is 23.5 Å². The van der Waals surface area contributed by atoms with Crippen LogP contribution >= 0.6 is 0 Å². The van der Waals surface area contributed by atoms with Crippen molar-refractivity contribution in [1.29, 1.82) is 5.41 Å². The van der Waals surface area contributed by atoms with Gasteiger partial charge in [-0.05, 0) is 6.08 Å². The first-order valence-electron chi connectivity index (χ1n) is 4.33. The van der Waals surface area contributed by atoms with E-state index in [1.807, 2.05) is 0 Å². The van der Waals surface area contributed by atoms with E-state index < -0.39 is 11.4 Å². The number of hydrogen-bond donors (Lipinski definition) is 3. The van der Waals surface area contributed by atoms with Gasteiger partial charge in [0.2, 0.25) is 6.08 Å².